The van der Waals surface area contributed by atoms with Crippen molar-refractivity contribution in [1.82, 2.24) is 5.32 Å². The van der Waals surface area contributed by atoms with Crippen LogP contribution in [0.2, 0.25) is 0 Å². The first-order valence-electron chi connectivity index (χ1n) is 8.83. The van der Waals surface area contributed by atoms with E-state index in [1.54, 1.807) is 19.1 Å². The van der Waals surface area contributed by atoms with Gasteiger partial charge >= 0.3 is 0 Å². The number of amides is 1. The smallest absolute Gasteiger partial charge is 0.244 e. The third-order valence-corrected chi connectivity index (χ3v) is 4.90. The van der Waals surface area contributed by atoms with E-state index in [4.69, 9.17) is 9.47 Å². The minimum absolute atomic E-state index is 0.0671. The number of carbonyl (C=O) groups excluding carboxylic acids is 1. The predicted molar refractivity (Wildman–Crippen MR) is 103 cm³/mol. The molecule has 3 rings (SSSR count). The molecular formula is C21H26N2O3. The highest BCUT2D eigenvalue weighted by atomic mass is 16.5. The van der Waals surface area contributed by atoms with Crippen molar-refractivity contribution < 1.29 is 14.3 Å². The van der Waals surface area contributed by atoms with Gasteiger partial charge in [-0.15, -0.1) is 0 Å². The maximum Gasteiger partial charge on any atom is 0.244 e. The van der Waals surface area contributed by atoms with Crippen molar-refractivity contribution >= 4 is 11.6 Å². The van der Waals surface area contributed by atoms with E-state index in [1.165, 1.54) is 0 Å². The van der Waals surface area contributed by atoms with Crippen LogP contribution in [0.15, 0.2) is 48.5 Å². The lowest BCUT2D eigenvalue weighted by Crippen LogP contribution is -2.47. The van der Waals surface area contributed by atoms with Gasteiger partial charge in [-0.1, -0.05) is 30.3 Å². The second kappa shape index (κ2) is 7.38. The average molecular weight is 354 g/mol. The lowest BCUT2D eigenvalue weighted by molar-refractivity contribution is -0.119. The van der Waals surface area contributed by atoms with Crippen LogP contribution in [0.3, 0.4) is 0 Å². The molecule has 1 fully saturated rings. The second-order valence-corrected chi connectivity index (χ2v) is 6.97. The minimum atomic E-state index is -0.399. The van der Waals surface area contributed by atoms with Crippen LogP contribution in [0.4, 0.5) is 5.69 Å². The highest BCUT2D eigenvalue weighted by Gasteiger charge is 2.38. The predicted octanol–water partition coefficient (Wildman–Crippen LogP) is 3.33. The molecule has 1 N–H and O–H groups in total. The summed E-state index contributed by atoms with van der Waals surface area (Å²) in [5.74, 6) is 1.60. The quantitative estimate of drug-likeness (QED) is 0.864. The van der Waals surface area contributed by atoms with E-state index in [9.17, 15) is 4.79 Å². The molecule has 1 amide bonds. The number of benzene rings is 2. The van der Waals surface area contributed by atoms with Crippen molar-refractivity contribution in [3.63, 3.8) is 0 Å². The molecule has 0 aliphatic carbocycles. The van der Waals surface area contributed by atoms with Crippen LogP contribution in [-0.2, 0) is 10.3 Å². The van der Waals surface area contributed by atoms with Crippen molar-refractivity contribution in [2.24, 2.45) is 0 Å². The largest absolute Gasteiger partial charge is 0.496 e. The first-order chi connectivity index (χ1) is 12.5. The molecule has 1 heterocycles. The molecule has 0 radical (unpaired) electrons. The number of anilines is 1. The van der Waals surface area contributed by atoms with Gasteiger partial charge in [0.2, 0.25) is 5.91 Å². The van der Waals surface area contributed by atoms with Crippen molar-refractivity contribution in [2.45, 2.75) is 31.8 Å². The fraction of sp³-hybridized carbons (Fsp3) is 0.381. The Labute approximate surface area is 154 Å². The molecule has 26 heavy (non-hydrogen) atoms. The number of rotatable bonds is 6. The Morgan fingerprint density at radius 3 is 2.31 bits per heavy atom. The fourth-order valence-corrected chi connectivity index (χ4v) is 3.58. The van der Waals surface area contributed by atoms with Gasteiger partial charge in [-0.3, -0.25) is 10.1 Å². The molecule has 1 unspecified atom stereocenters. The van der Waals surface area contributed by atoms with Gasteiger partial charge < -0.3 is 14.4 Å². The minimum Gasteiger partial charge on any atom is -0.496 e. The summed E-state index contributed by atoms with van der Waals surface area (Å²) in [4.78, 5) is 14.8. The number of hydrogen-bond acceptors (Lipinski definition) is 4. The zero-order chi connectivity index (χ0) is 18.7. The molecule has 0 saturated carbocycles. The number of methoxy groups -OCH3 is 2. The maximum atomic E-state index is 13.0. The van der Waals surface area contributed by atoms with Crippen LogP contribution in [-0.4, -0.2) is 32.7 Å². The number of nitrogens with zero attached hydrogens (tertiary/aromatic N) is 1. The molecular weight excluding hydrogens is 328 g/mol. The fourth-order valence-electron chi connectivity index (χ4n) is 3.58. The first-order valence-corrected chi connectivity index (χ1v) is 8.83. The molecule has 0 aromatic heterocycles. The molecule has 2 aromatic rings. The number of carbonyl (C=O) groups is 1. The van der Waals surface area contributed by atoms with Crippen molar-refractivity contribution in [1.29, 1.82) is 0 Å². The number of para-hydroxylation sites is 3. The molecule has 138 valence electrons. The van der Waals surface area contributed by atoms with Crippen LogP contribution in [0, 0.1) is 0 Å². The van der Waals surface area contributed by atoms with Crippen LogP contribution in [0.5, 0.6) is 11.5 Å². The van der Waals surface area contributed by atoms with Gasteiger partial charge in [0.15, 0.2) is 0 Å². The summed E-state index contributed by atoms with van der Waals surface area (Å²) in [6, 6.07) is 15.3. The summed E-state index contributed by atoms with van der Waals surface area (Å²) in [5, 5.41) is 3.52. The Bertz CT molecular complexity index is 788. The summed E-state index contributed by atoms with van der Waals surface area (Å²) in [5.41, 5.74) is 1.45. The molecule has 0 bridgehead atoms. The van der Waals surface area contributed by atoms with Gasteiger partial charge in [-0.05, 0) is 38.5 Å². The van der Waals surface area contributed by atoms with E-state index >= 15 is 0 Å². The summed E-state index contributed by atoms with van der Waals surface area (Å²) in [6.45, 7) is 4.81. The normalized spacial score (nSPS) is 17.5. The topological polar surface area (TPSA) is 50.8 Å². The second-order valence-electron chi connectivity index (χ2n) is 6.97. The van der Waals surface area contributed by atoms with Gasteiger partial charge in [0.25, 0.3) is 0 Å². The van der Waals surface area contributed by atoms with Gasteiger partial charge in [0.1, 0.15) is 11.5 Å². The Hall–Kier alpha value is -2.53. The highest BCUT2D eigenvalue weighted by Crippen LogP contribution is 2.34. The Morgan fingerprint density at radius 2 is 1.62 bits per heavy atom. The van der Waals surface area contributed by atoms with Crippen LogP contribution in [0.25, 0.3) is 0 Å². The van der Waals surface area contributed by atoms with E-state index < -0.39 is 5.54 Å². The summed E-state index contributed by atoms with van der Waals surface area (Å²) in [6.07, 6.45) is 0.745. The Balaban J connectivity index is 1.80. The summed E-state index contributed by atoms with van der Waals surface area (Å²) < 4.78 is 10.9. The third-order valence-electron chi connectivity index (χ3n) is 4.90. The zero-order valence-electron chi connectivity index (χ0n) is 15.8. The highest BCUT2D eigenvalue weighted by molar-refractivity contribution is 6.00. The number of hydrogen-bond donors (Lipinski definition) is 1. The Morgan fingerprint density at radius 1 is 1.00 bits per heavy atom. The van der Waals surface area contributed by atoms with Gasteiger partial charge in [-0.2, -0.15) is 0 Å². The standard InChI is InChI=1S/C21H26N2O3/c1-21(2,15-9-5-7-11-18(15)25-3)22-16-13-14-23(20(16)24)17-10-6-8-12-19(17)26-4/h5-12,16,22H,13-14H2,1-4H3. The first kappa shape index (κ1) is 18.3. The van der Waals surface area contributed by atoms with E-state index in [0.717, 1.165) is 23.4 Å². The third kappa shape index (κ3) is 3.40. The van der Waals surface area contributed by atoms with Crippen LogP contribution in [0.1, 0.15) is 25.8 Å². The number of nitrogens with one attached hydrogen (secondary N) is 1. The molecule has 2 aromatic carbocycles. The molecule has 1 saturated heterocycles. The summed E-state index contributed by atoms with van der Waals surface area (Å²) >= 11 is 0. The van der Waals surface area contributed by atoms with E-state index in [1.807, 2.05) is 48.5 Å². The summed E-state index contributed by atoms with van der Waals surface area (Å²) in [7, 11) is 3.29. The van der Waals surface area contributed by atoms with Crippen molar-refractivity contribution in [3.05, 3.63) is 54.1 Å². The van der Waals surface area contributed by atoms with Gasteiger partial charge in [-0.25, -0.2) is 0 Å². The molecule has 0 spiro atoms. The van der Waals surface area contributed by atoms with Crippen molar-refractivity contribution in [3.8, 4) is 11.5 Å². The SMILES string of the molecule is COc1ccccc1N1CCC(NC(C)(C)c2ccccc2OC)C1=O. The van der Waals surface area contributed by atoms with E-state index in [-0.39, 0.29) is 11.9 Å². The zero-order valence-corrected chi connectivity index (χ0v) is 15.8. The lowest BCUT2D eigenvalue weighted by atomic mass is 9.92. The van der Waals surface area contributed by atoms with Crippen molar-refractivity contribution in [2.75, 3.05) is 25.7 Å². The average Bonchev–Trinajstić information content (AvgIpc) is 3.01. The monoisotopic (exact) mass is 354 g/mol. The maximum absolute atomic E-state index is 13.0. The van der Waals surface area contributed by atoms with E-state index in [0.29, 0.717) is 12.3 Å². The molecule has 1 aliphatic rings. The molecule has 1 atom stereocenters. The Kier molecular flexibility index (Phi) is 5.18. The van der Waals surface area contributed by atoms with Crippen LogP contribution >= 0.6 is 0 Å². The molecule has 5 nitrogen and oxygen atoms in total. The molecule has 5 heteroatoms. The van der Waals surface area contributed by atoms with Gasteiger partial charge in [0, 0.05) is 17.6 Å². The van der Waals surface area contributed by atoms with Gasteiger partial charge in [0.05, 0.1) is 25.9 Å². The van der Waals surface area contributed by atoms with E-state index in [2.05, 4.69) is 19.2 Å². The van der Waals surface area contributed by atoms with Crippen LogP contribution < -0.4 is 19.7 Å². The molecule has 1 aliphatic heterocycles. The number of ether oxygens (including phenoxy) is 2. The lowest BCUT2D eigenvalue weighted by Gasteiger charge is -2.31.